The van der Waals surface area contributed by atoms with Crippen LogP contribution < -0.4 is 5.32 Å². The van der Waals surface area contributed by atoms with Crippen molar-refractivity contribution in [3.8, 4) is 0 Å². The van der Waals surface area contributed by atoms with Gasteiger partial charge in [0.15, 0.2) is 0 Å². The van der Waals surface area contributed by atoms with E-state index in [-0.39, 0.29) is 17.5 Å². The first-order valence-corrected chi connectivity index (χ1v) is 9.93. The second kappa shape index (κ2) is 8.62. The van der Waals surface area contributed by atoms with Gasteiger partial charge in [-0.05, 0) is 54.4 Å². The van der Waals surface area contributed by atoms with Gasteiger partial charge in [0.05, 0.1) is 33.1 Å². The Morgan fingerprint density at radius 2 is 1.93 bits per heavy atom. The van der Waals surface area contributed by atoms with Crippen LogP contribution in [-0.2, 0) is 17.9 Å². The van der Waals surface area contributed by atoms with Crippen molar-refractivity contribution in [2.45, 2.75) is 40.3 Å². The summed E-state index contributed by atoms with van der Waals surface area (Å²) in [5.74, 6) is -0.390. The lowest BCUT2D eigenvalue weighted by molar-refractivity contribution is -0.117. The molecule has 3 rings (SSSR count). The molecule has 1 amide bonds. The molecular weight excluding hydrogens is 468 g/mol. The van der Waals surface area contributed by atoms with Gasteiger partial charge >= 0.3 is 0 Å². The van der Waals surface area contributed by atoms with Gasteiger partial charge in [0.1, 0.15) is 12.2 Å². The Hall–Kier alpha value is -2.26. The maximum atomic E-state index is 12.9. The Labute approximate surface area is 180 Å². The van der Waals surface area contributed by atoms with Gasteiger partial charge < -0.3 is 5.32 Å². The average Bonchev–Trinajstić information content (AvgIpc) is 3.07. The molecule has 10 heteroatoms. The van der Waals surface area contributed by atoms with Gasteiger partial charge in [0.2, 0.25) is 5.91 Å². The third kappa shape index (κ3) is 4.67. The number of halogens is 4. The normalized spacial score (nSPS) is 11.3. The minimum atomic E-state index is -2.79. The fourth-order valence-corrected chi connectivity index (χ4v) is 3.43. The van der Waals surface area contributed by atoms with Gasteiger partial charge in [-0.25, -0.2) is 8.78 Å². The zero-order chi connectivity index (χ0) is 21.3. The average molecular weight is 487 g/mol. The van der Waals surface area contributed by atoms with E-state index < -0.39 is 12.1 Å². The van der Waals surface area contributed by atoms with Crippen molar-refractivity contribution < 1.29 is 13.6 Å². The zero-order valence-electron chi connectivity index (χ0n) is 16.0. The fraction of sp³-hybridized carbons (Fsp3) is 0.316. The van der Waals surface area contributed by atoms with Crippen LogP contribution in [-0.4, -0.2) is 25.5 Å². The van der Waals surface area contributed by atoms with E-state index >= 15 is 0 Å². The number of carbonyl (C=O) groups excluding carboxylic acids is 1. The first-order valence-electron chi connectivity index (χ1n) is 8.76. The van der Waals surface area contributed by atoms with Crippen LogP contribution in [0.1, 0.15) is 34.8 Å². The van der Waals surface area contributed by atoms with Crippen LogP contribution in [0.4, 0.5) is 14.5 Å². The maximum Gasteiger partial charge on any atom is 0.283 e. The van der Waals surface area contributed by atoms with E-state index in [9.17, 15) is 13.6 Å². The first kappa shape index (κ1) is 21.4. The van der Waals surface area contributed by atoms with E-state index in [2.05, 4.69) is 31.4 Å². The number of aryl methyl sites for hydroxylation is 1. The summed E-state index contributed by atoms with van der Waals surface area (Å²) in [5.41, 5.74) is 3.27. The summed E-state index contributed by atoms with van der Waals surface area (Å²) in [6, 6.07) is 7.37. The highest BCUT2D eigenvalue weighted by atomic mass is 79.9. The number of hydrogen-bond donors (Lipinski definition) is 1. The molecule has 3 aromatic rings. The molecule has 2 heterocycles. The van der Waals surface area contributed by atoms with Crippen LogP contribution in [0.15, 0.2) is 28.7 Å². The predicted octanol–water partition coefficient (Wildman–Crippen LogP) is 5.05. The van der Waals surface area contributed by atoms with E-state index in [0.29, 0.717) is 17.9 Å². The van der Waals surface area contributed by atoms with Crippen molar-refractivity contribution >= 4 is 39.1 Å². The topological polar surface area (TPSA) is 64.7 Å². The minimum Gasteiger partial charge on any atom is -0.324 e. The third-order valence-corrected chi connectivity index (χ3v) is 6.11. The summed E-state index contributed by atoms with van der Waals surface area (Å²) in [4.78, 5) is 12.4. The summed E-state index contributed by atoms with van der Waals surface area (Å²) >= 11 is 9.38. The lowest BCUT2D eigenvalue weighted by atomic mass is 10.2. The standard InChI is InChI=1S/C19H19BrClF2N5O/c1-10-16(20)11(2)27(25-10)8-13-5-4-6-14(7-13)24-15(29)9-28-12(3)17(21)18(26-28)19(22)23/h4-7,19H,8-9H2,1-3H3,(H,24,29). The smallest absolute Gasteiger partial charge is 0.283 e. The second-order valence-corrected chi connectivity index (χ2v) is 7.80. The summed E-state index contributed by atoms with van der Waals surface area (Å²) < 4.78 is 29.8. The van der Waals surface area contributed by atoms with Crippen molar-refractivity contribution in [3.05, 3.63) is 62.1 Å². The van der Waals surface area contributed by atoms with Crippen molar-refractivity contribution in [1.82, 2.24) is 19.6 Å². The molecule has 0 radical (unpaired) electrons. The Morgan fingerprint density at radius 3 is 2.52 bits per heavy atom. The number of nitrogens with one attached hydrogen (secondary N) is 1. The van der Waals surface area contributed by atoms with Gasteiger partial charge in [-0.1, -0.05) is 23.7 Å². The molecule has 29 heavy (non-hydrogen) atoms. The quantitative estimate of drug-likeness (QED) is 0.530. The molecule has 2 aromatic heterocycles. The lowest BCUT2D eigenvalue weighted by Crippen LogP contribution is -2.20. The van der Waals surface area contributed by atoms with Crippen LogP contribution in [0, 0.1) is 20.8 Å². The van der Waals surface area contributed by atoms with Gasteiger partial charge in [0, 0.05) is 5.69 Å². The SMILES string of the molecule is Cc1nn(Cc2cccc(NC(=O)Cn3nc(C(F)F)c(Cl)c3C)c2)c(C)c1Br. The van der Waals surface area contributed by atoms with Crippen molar-refractivity contribution in [3.63, 3.8) is 0 Å². The number of rotatable bonds is 6. The first-order chi connectivity index (χ1) is 13.7. The Balaban J connectivity index is 1.71. The molecule has 0 aliphatic carbocycles. The van der Waals surface area contributed by atoms with Gasteiger partial charge in [-0.15, -0.1) is 0 Å². The fourth-order valence-electron chi connectivity index (χ4n) is 2.93. The van der Waals surface area contributed by atoms with E-state index in [0.717, 1.165) is 21.4 Å². The molecule has 0 spiro atoms. The van der Waals surface area contributed by atoms with Crippen molar-refractivity contribution in [1.29, 1.82) is 0 Å². The van der Waals surface area contributed by atoms with Crippen LogP contribution >= 0.6 is 27.5 Å². The van der Waals surface area contributed by atoms with Crippen LogP contribution in [0.3, 0.4) is 0 Å². The highest BCUT2D eigenvalue weighted by Crippen LogP contribution is 2.28. The number of nitrogens with zero attached hydrogens (tertiary/aromatic N) is 4. The summed E-state index contributed by atoms with van der Waals surface area (Å²) in [6.45, 7) is 5.77. The molecule has 1 aromatic carbocycles. The molecule has 0 saturated carbocycles. The summed E-state index contributed by atoms with van der Waals surface area (Å²) in [7, 11) is 0. The van der Waals surface area contributed by atoms with Crippen molar-refractivity contribution in [2.24, 2.45) is 0 Å². The van der Waals surface area contributed by atoms with Crippen LogP contribution in [0.2, 0.25) is 5.02 Å². The molecular formula is C19H19BrClF2N5O. The number of carbonyl (C=O) groups is 1. The van der Waals surface area contributed by atoms with Gasteiger partial charge in [0.25, 0.3) is 6.43 Å². The molecule has 0 fully saturated rings. The Kier molecular flexibility index (Phi) is 6.38. The molecule has 0 aliphatic heterocycles. The molecule has 154 valence electrons. The molecule has 0 atom stereocenters. The van der Waals surface area contributed by atoms with E-state index in [4.69, 9.17) is 11.6 Å². The van der Waals surface area contributed by atoms with E-state index in [1.54, 1.807) is 13.0 Å². The Bertz CT molecular complexity index is 1060. The second-order valence-electron chi connectivity index (χ2n) is 6.63. The van der Waals surface area contributed by atoms with Gasteiger partial charge in [-0.3, -0.25) is 14.2 Å². The van der Waals surface area contributed by atoms with Crippen LogP contribution in [0.25, 0.3) is 0 Å². The van der Waals surface area contributed by atoms with Crippen LogP contribution in [0.5, 0.6) is 0 Å². The highest BCUT2D eigenvalue weighted by Gasteiger charge is 2.21. The number of hydrogen-bond acceptors (Lipinski definition) is 3. The lowest BCUT2D eigenvalue weighted by Gasteiger charge is -2.10. The molecule has 1 N–H and O–H groups in total. The third-order valence-electron chi connectivity index (χ3n) is 4.49. The van der Waals surface area contributed by atoms with E-state index in [1.807, 2.05) is 36.7 Å². The molecule has 0 saturated heterocycles. The summed E-state index contributed by atoms with van der Waals surface area (Å²) in [6.07, 6.45) is -2.79. The zero-order valence-corrected chi connectivity index (χ0v) is 18.4. The number of amides is 1. The largest absolute Gasteiger partial charge is 0.324 e. The molecule has 0 unspecified atom stereocenters. The van der Waals surface area contributed by atoms with Crippen molar-refractivity contribution in [2.75, 3.05) is 5.32 Å². The number of aromatic nitrogens is 4. The number of anilines is 1. The monoisotopic (exact) mass is 485 g/mol. The Morgan fingerprint density at radius 1 is 1.21 bits per heavy atom. The maximum absolute atomic E-state index is 12.9. The minimum absolute atomic E-state index is 0.120. The number of alkyl halides is 2. The molecule has 6 nitrogen and oxygen atoms in total. The van der Waals surface area contributed by atoms with E-state index in [1.165, 1.54) is 4.68 Å². The molecule has 0 aliphatic rings. The predicted molar refractivity (Wildman–Crippen MR) is 111 cm³/mol. The molecule has 0 bridgehead atoms. The van der Waals surface area contributed by atoms with Gasteiger partial charge in [-0.2, -0.15) is 10.2 Å². The highest BCUT2D eigenvalue weighted by molar-refractivity contribution is 9.10. The summed E-state index contributed by atoms with van der Waals surface area (Å²) in [5, 5.41) is 10.9. The number of benzene rings is 1.